The van der Waals surface area contributed by atoms with E-state index in [-0.39, 0.29) is 11.0 Å². The lowest BCUT2D eigenvalue weighted by atomic mass is 10.3. The summed E-state index contributed by atoms with van der Waals surface area (Å²) in [7, 11) is -4.29. The molecule has 1 heterocycles. The quantitative estimate of drug-likeness (QED) is 0.672. The van der Waals surface area contributed by atoms with Crippen LogP contribution in [0.2, 0.25) is 5.15 Å². The van der Waals surface area contributed by atoms with Crippen molar-refractivity contribution < 1.29 is 17.2 Å². The number of nitrogens with two attached hydrogens (primary N) is 1. The molecule has 0 aliphatic rings. The third-order valence-electron chi connectivity index (χ3n) is 2.29. The van der Waals surface area contributed by atoms with Gasteiger partial charge < -0.3 is 5.73 Å². The molecule has 1 aromatic heterocycles. The molecule has 0 bridgehead atoms. The Morgan fingerprint density at radius 1 is 1.20 bits per heavy atom. The molecule has 0 amide bonds. The van der Waals surface area contributed by atoms with Crippen LogP contribution in [-0.2, 0) is 10.0 Å². The Kier molecular flexibility index (Phi) is 3.78. The highest BCUT2D eigenvalue weighted by atomic mass is 35.5. The van der Waals surface area contributed by atoms with Gasteiger partial charge in [-0.1, -0.05) is 17.7 Å². The van der Waals surface area contributed by atoms with Gasteiger partial charge in [0.05, 0.1) is 5.69 Å². The number of halogens is 3. The lowest BCUT2D eigenvalue weighted by Crippen LogP contribution is -2.16. The molecule has 5 nitrogen and oxygen atoms in total. The van der Waals surface area contributed by atoms with Gasteiger partial charge in [0.2, 0.25) is 0 Å². The van der Waals surface area contributed by atoms with Crippen LogP contribution >= 0.6 is 11.6 Å². The molecule has 1 aromatic carbocycles. The Morgan fingerprint density at radius 3 is 2.55 bits per heavy atom. The number of pyridine rings is 1. The predicted molar refractivity (Wildman–Crippen MR) is 70.8 cm³/mol. The maximum atomic E-state index is 13.5. The second kappa shape index (κ2) is 5.22. The third-order valence-corrected chi connectivity index (χ3v) is 3.88. The van der Waals surface area contributed by atoms with Gasteiger partial charge in [0, 0.05) is 6.07 Å². The number of hydrogen-bond acceptors (Lipinski definition) is 4. The van der Waals surface area contributed by atoms with Gasteiger partial charge in [0.1, 0.15) is 27.5 Å². The highest BCUT2D eigenvalue weighted by molar-refractivity contribution is 7.92. The van der Waals surface area contributed by atoms with E-state index < -0.39 is 32.2 Å². The summed E-state index contributed by atoms with van der Waals surface area (Å²) in [4.78, 5) is 2.92. The minimum atomic E-state index is -4.29. The second-order valence-electron chi connectivity index (χ2n) is 3.76. The Bertz CT molecular complexity index is 768. The molecule has 0 aliphatic heterocycles. The van der Waals surface area contributed by atoms with Gasteiger partial charge in [-0.2, -0.15) is 0 Å². The minimum absolute atomic E-state index is 0.0595. The maximum Gasteiger partial charge on any atom is 0.266 e. The standard InChI is InChI=1S/C11H8ClF2N3O2S/c12-10-2-1-3-11(16-10)17-20(18,19)9-5-8(15)6(13)4-7(9)14/h1-5H,15H2,(H,16,17). The summed E-state index contributed by atoms with van der Waals surface area (Å²) in [6.45, 7) is 0. The number of nitrogens with one attached hydrogen (secondary N) is 1. The Hall–Kier alpha value is -1.93. The molecule has 0 unspecified atom stereocenters. The van der Waals surface area contributed by atoms with Crippen molar-refractivity contribution in [1.82, 2.24) is 4.98 Å². The number of anilines is 2. The summed E-state index contributed by atoms with van der Waals surface area (Å²) in [6, 6.07) is 5.32. The summed E-state index contributed by atoms with van der Waals surface area (Å²) in [5.41, 5.74) is 4.75. The van der Waals surface area contributed by atoms with Gasteiger partial charge in [0.25, 0.3) is 10.0 Å². The van der Waals surface area contributed by atoms with E-state index >= 15 is 0 Å². The summed E-state index contributed by atoms with van der Waals surface area (Å²) in [5, 5.41) is 0.0595. The van der Waals surface area contributed by atoms with Crippen molar-refractivity contribution in [1.29, 1.82) is 0 Å². The van der Waals surface area contributed by atoms with E-state index in [2.05, 4.69) is 4.98 Å². The number of rotatable bonds is 3. The highest BCUT2D eigenvalue weighted by Crippen LogP contribution is 2.23. The van der Waals surface area contributed by atoms with Crippen LogP contribution in [-0.4, -0.2) is 13.4 Å². The SMILES string of the molecule is Nc1cc(S(=O)(=O)Nc2cccc(Cl)n2)c(F)cc1F. The molecular formula is C11H8ClF2N3O2S. The molecule has 0 aliphatic carbocycles. The fourth-order valence-corrected chi connectivity index (χ4v) is 2.67. The first-order chi connectivity index (χ1) is 9.29. The van der Waals surface area contributed by atoms with Crippen molar-refractivity contribution in [3.05, 3.63) is 47.1 Å². The van der Waals surface area contributed by atoms with Crippen LogP contribution in [0, 0.1) is 11.6 Å². The van der Waals surface area contributed by atoms with Crippen molar-refractivity contribution in [3.63, 3.8) is 0 Å². The largest absolute Gasteiger partial charge is 0.396 e. The van der Waals surface area contributed by atoms with Gasteiger partial charge >= 0.3 is 0 Å². The molecule has 2 aromatic rings. The molecule has 2 rings (SSSR count). The predicted octanol–water partition coefficient (Wildman–Crippen LogP) is 2.40. The number of aromatic nitrogens is 1. The lowest BCUT2D eigenvalue weighted by molar-refractivity contribution is 0.553. The molecular weight excluding hydrogens is 312 g/mol. The maximum absolute atomic E-state index is 13.5. The van der Waals surface area contributed by atoms with Gasteiger partial charge in [-0.3, -0.25) is 4.72 Å². The Balaban J connectivity index is 2.43. The number of hydrogen-bond donors (Lipinski definition) is 2. The van der Waals surface area contributed by atoms with Gasteiger partial charge in [-0.05, 0) is 18.2 Å². The molecule has 9 heteroatoms. The molecule has 0 saturated heterocycles. The zero-order valence-electron chi connectivity index (χ0n) is 9.77. The van der Waals surface area contributed by atoms with E-state index in [4.69, 9.17) is 17.3 Å². The first kappa shape index (κ1) is 14.5. The Labute approximate surface area is 118 Å². The van der Waals surface area contributed by atoms with Crippen LogP contribution in [0.4, 0.5) is 20.3 Å². The average molecular weight is 320 g/mol. The molecule has 0 fully saturated rings. The monoisotopic (exact) mass is 319 g/mol. The molecule has 20 heavy (non-hydrogen) atoms. The smallest absolute Gasteiger partial charge is 0.266 e. The number of nitrogen functional groups attached to an aromatic ring is 1. The summed E-state index contributed by atoms with van der Waals surface area (Å²) in [6.07, 6.45) is 0. The first-order valence-electron chi connectivity index (χ1n) is 5.19. The zero-order chi connectivity index (χ0) is 14.9. The topological polar surface area (TPSA) is 85.1 Å². The van der Waals surface area contributed by atoms with E-state index in [1.165, 1.54) is 18.2 Å². The van der Waals surface area contributed by atoms with Crippen molar-refractivity contribution in [2.45, 2.75) is 4.90 Å². The van der Waals surface area contributed by atoms with Crippen LogP contribution < -0.4 is 10.5 Å². The average Bonchev–Trinajstić information content (AvgIpc) is 2.33. The number of nitrogens with zero attached hydrogens (tertiary/aromatic N) is 1. The van der Waals surface area contributed by atoms with Gasteiger partial charge in [-0.25, -0.2) is 22.2 Å². The summed E-state index contributed by atoms with van der Waals surface area (Å²) < 4.78 is 52.6. The van der Waals surface area contributed by atoms with Crippen LogP contribution in [0.3, 0.4) is 0 Å². The second-order valence-corrected chi connectivity index (χ2v) is 5.79. The van der Waals surface area contributed by atoms with Crippen molar-refractivity contribution >= 4 is 33.1 Å². The molecule has 0 atom stereocenters. The highest BCUT2D eigenvalue weighted by Gasteiger charge is 2.21. The zero-order valence-corrected chi connectivity index (χ0v) is 11.3. The van der Waals surface area contributed by atoms with E-state index in [1.807, 2.05) is 4.72 Å². The summed E-state index contributed by atoms with van der Waals surface area (Å²) in [5.74, 6) is -2.40. The van der Waals surface area contributed by atoms with E-state index in [0.717, 1.165) is 0 Å². The fraction of sp³-hybridized carbons (Fsp3) is 0. The number of sulfonamides is 1. The van der Waals surface area contributed by atoms with Crippen LogP contribution in [0.5, 0.6) is 0 Å². The molecule has 0 saturated carbocycles. The Morgan fingerprint density at radius 2 is 1.90 bits per heavy atom. The summed E-state index contributed by atoms with van der Waals surface area (Å²) >= 11 is 5.61. The van der Waals surface area contributed by atoms with Crippen molar-refractivity contribution in [2.24, 2.45) is 0 Å². The molecule has 106 valence electrons. The van der Waals surface area contributed by atoms with Crippen LogP contribution in [0.25, 0.3) is 0 Å². The van der Waals surface area contributed by atoms with Crippen LogP contribution in [0.15, 0.2) is 35.2 Å². The fourth-order valence-electron chi connectivity index (χ4n) is 1.41. The third kappa shape index (κ3) is 2.97. The molecule has 0 radical (unpaired) electrons. The van der Waals surface area contributed by atoms with Crippen molar-refractivity contribution in [2.75, 3.05) is 10.5 Å². The van der Waals surface area contributed by atoms with Gasteiger partial charge in [0.15, 0.2) is 0 Å². The lowest BCUT2D eigenvalue weighted by Gasteiger charge is -2.09. The first-order valence-corrected chi connectivity index (χ1v) is 7.05. The van der Waals surface area contributed by atoms with Gasteiger partial charge in [-0.15, -0.1) is 0 Å². The minimum Gasteiger partial charge on any atom is -0.396 e. The van der Waals surface area contributed by atoms with E-state index in [9.17, 15) is 17.2 Å². The molecule has 3 N–H and O–H groups in total. The normalized spacial score (nSPS) is 11.3. The molecule has 0 spiro atoms. The van der Waals surface area contributed by atoms with Crippen LogP contribution in [0.1, 0.15) is 0 Å². The van der Waals surface area contributed by atoms with E-state index in [1.54, 1.807) is 0 Å². The number of benzene rings is 1. The van der Waals surface area contributed by atoms with Crippen molar-refractivity contribution in [3.8, 4) is 0 Å². The van der Waals surface area contributed by atoms with E-state index in [0.29, 0.717) is 12.1 Å².